The number of methoxy groups -OCH3 is 1. The summed E-state index contributed by atoms with van der Waals surface area (Å²) in [5, 5.41) is 0. The normalized spacial score (nSPS) is 17.3. The topological polar surface area (TPSA) is 54.3 Å². The molecule has 5 heteroatoms. The number of ether oxygens (including phenoxy) is 1. The molecule has 0 heterocycles. The van der Waals surface area contributed by atoms with E-state index in [1.807, 2.05) is 38.4 Å². The largest absolute Gasteiger partial charge is 0.380 e. The van der Waals surface area contributed by atoms with Crippen LogP contribution < -0.4 is 0 Å². The molecule has 2 aliphatic rings. The summed E-state index contributed by atoms with van der Waals surface area (Å²) < 4.78 is 5.24. The van der Waals surface area contributed by atoms with Gasteiger partial charge in [-0.1, -0.05) is 30.4 Å². The third kappa shape index (κ3) is 3.98. The molecule has 0 bridgehead atoms. The Kier molecular flexibility index (Phi) is 5.81. The monoisotopic (exact) mass is 363 g/mol. The van der Waals surface area contributed by atoms with Gasteiger partial charge >= 0.3 is 0 Å². The van der Waals surface area contributed by atoms with Crippen LogP contribution in [0.25, 0.3) is 5.57 Å². The molecule has 1 aromatic rings. The van der Waals surface area contributed by atoms with Crippen LogP contribution in [0.4, 0.5) is 0 Å². The van der Waals surface area contributed by atoms with Gasteiger partial charge in [0.15, 0.2) is 5.78 Å². The van der Waals surface area contributed by atoms with Crippen molar-refractivity contribution >= 4 is 24.0 Å². The summed E-state index contributed by atoms with van der Waals surface area (Å²) in [5.74, 6) is 0.523. The predicted octanol–water partition coefficient (Wildman–Crippen LogP) is 3.78. The number of guanidine groups is 1. The van der Waals surface area contributed by atoms with Crippen molar-refractivity contribution in [3.8, 4) is 0 Å². The Morgan fingerprint density at radius 1 is 1.26 bits per heavy atom. The Morgan fingerprint density at radius 2 is 2.04 bits per heavy atom. The Morgan fingerprint density at radius 3 is 2.74 bits per heavy atom. The third-order valence-electron chi connectivity index (χ3n) is 4.67. The number of nitrogens with zero attached hydrogens (tertiary/aromatic N) is 3. The number of hydrogen-bond donors (Lipinski definition) is 0. The maximum absolute atomic E-state index is 13.4. The van der Waals surface area contributed by atoms with Gasteiger partial charge in [0, 0.05) is 33.2 Å². The predicted molar refractivity (Wildman–Crippen MR) is 110 cm³/mol. The van der Waals surface area contributed by atoms with Crippen LogP contribution in [-0.4, -0.2) is 44.6 Å². The molecule has 0 radical (unpaired) electrons. The van der Waals surface area contributed by atoms with E-state index in [9.17, 15) is 4.79 Å². The van der Waals surface area contributed by atoms with E-state index < -0.39 is 0 Å². The van der Waals surface area contributed by atoms with Crippen molar-refractivity contribution in [1.82, 2.24) is 4.90 Å². The highest BCUT2D eigenvalue weighted by Crippen LogP contribution is 2.39. The number of carbonyl (C=O) groups is 1. The average Bonchev–Trinajstić information content (AvgIpc) is 2.66. The number of aliphatic imine (C=N–C) groups is 2. The molecule has 140 valence electrons. The van der Waals surface area contributed by atoms with E-state index in [1.165, 1.54) is 0 Å². The first-order valence-corrected chi connectivity index (χ1v) is 9.03. The minimum atomic E-state index is 0.0303. The van der Waals surface area contributed by atoms with Crippen molar-refractivity contribution in [2.24, 2.45) is 9.98 Å². The zero-order chi connectivity index (χ0) is 19.4. The lowest BCUT2D eigenvalue weighted by atomic mass is 9.80. The Hall–Kier alpha value is -2.79. The van der Waals surface area contributed by atoms with Crippen LogP contribution in [0.5, 0.6) is 0 Å². The molecule has 3 rings (SSSR count). The highest BCUT2D eigenvalue weighted by molar-refractivity contribution is 6.32. The molecule has 0 aliphatic heterocycles. The van der Waals surface area contributed by atoms with Gasteiger partial charge in [-0.3, -0.25) is 4.79 Å². The second-order valence-electron chi connectivity index (χ2n) is 6.85. The minimum absolute atomic E-state index is 0.0303. The third-order valence-corrected chi connectivity index (χ3v) is 4.67. The summed E-state index contributed by atoms with van der Waals surface area (Å²) in [5.41, 5.74) is 5.12. The quantitative estimate of drug-likeness (QED) is 0.604. The lowest BCUT2D eigenvalue weighted by Crippen LogP contribution is -2.22. The molecule has 27 heavy (non-hydrogen) atoms. The Balaban J connectivity index is 2.19. The molecule has 2 aliphatic carbocycles. The Bertz CT molecular complexity index is 889. The molecule has 0 aromatic heterocycles. The number of Topliss-reactive ketones (excluding diaryl/α,β-unsaturated/α-hetero) is 1. The number of fused-ring (bicyclic) bond motifs is 1. The van der Waals surface area contributed by atoms with E-state index in [2.05, 4.69) is 23.9 Å². The van der Waals surface area contributed by atoms with Crippen LogP contribution in [0, 0.1) is 0 Å². The zero-order valence-electron chi connectivity index (χ0n) is 16.2. The number of allylic oxidation sites excluding steroid dienone is 5. The summed E-state index contributed by atoms with van der Waals surface area (Å²) in [4.78, 5) is 23.9. The van der Waals surface area contributed by atoms with Gasteiger partial charge in [0.05, 0.1) is 17.9 Å². The number of ketones is 1. The molecule has 0 spiro atoms. The summed E-state index contributed by atoms with van der Waals surface area (Å²) >= 11 is 0. The van der Waals surface area contributed by atoms with Crippen molar-refractivity contribution in [1.29, 1.82) is 0 Å². The smallest absolute Gasteiger partial charge is 0.224 e. The van der Waals surface area contributed by atoms with Crippen LogP contribution in [0.1, 0.15) is 30.4 Å². The first kappa shape index (κ1) is 19.0. The van der Waals surface area contributed by atoms with Crippen molar-refractivity contribution < 1.29 is 9.53 Å². The van der Waals surface area contributed by atoms with Gasteiger partial charge in [-0.2, -0.15) is 0 Å². The molecule has 0 atom stereocenters. The fraction of sp³-hybridized carbons (Fsp3) is 0.318. The van der Waals surface area contributed by atoms with Gasteiger partial charge in [0.25, 0.3) is 0 Å². The van der Waals surface area contributed by atoms with Crippen molar-refractivity contribution in [3.63, 3.8) is 0 Å². The maximum atomic E-state index is 13.4. The summed E-state index contributed by atoms with van der Waals surface area (Å²) in [6.45, 7) is 4.11. The number of hydrogen-bond acceptors (Lipinski definition) is 3. The van der Waals surface area contributed by atoms with Crippen LogP contribution in [-0.2, 0) is 16.1 Å². The zero-order valence-corrected chi connectivity index (χ0v) is 16.2. The standard InChI is InChI=1S/C22H25N3O2/c1-23-22(25(2)3)24-19-13-16-9-5-6-11-18(16)21(26)20(19)17-10-7-8-15(12-17)14-27-4/h7-12H,1,5-6,13-14H2,2-4H3. The number of rotatable bonds is 4. The van der Waals surface area contributed by atoms with E-state index in [0.717, 1.165) is 40.8 Å². The van der Waals surface area contributed by atoms with Gasteiger partial charge in [-0.25, -0.2) is 9.98 Å². The van der Waals surface area contributed by atoms with Crippen molar-refractivity contribution in [2.45, 2.75) is 25.9 Å². The lowest BCUT2D eigenvalue weighted by Gasteiger charge is -2.25. The fourth-order valence-electron chi connectivity index (χ4n) is 3.44. The molecular weight excluding hydrogens is 338 g/mol. The SMILES string of the molecule is C=NC(=NC1=C(c2cccc(COC)c2)C(=O)C2=CCCC=C2C1)N(C)C. The van der Waals surface area contributed by atoms with Gasteiger partial charge in [-0.15, -0.1) is 0 Å². The van der Waals surface area contributed by atoms with Gasteiger partial charge < -0.3 is 9.64 Å². The first-order chi connectivity index (χ1) is 13.0. The van der Waals surface area contributed by atoms with Crippen LogP contribution in [0.3, 0.4) is 0 Å². The second kappa shape index (κ2) is 8.27. The summed E-state index contributed by atoms with van der Waals surface area (Å²) in [6, 6.07) is 7.90. The fourth-order valence-corrected chi connectivity index (χ4v) is 3.44. The lowest BCUT2D eigenvalue weighted by molar-refractivity contribution is -0.110. The van der Waals surface area contributed by atoms with E-state index >= 15 is 0 Å². The van der Waals surface area contributed by atoms with Crippen LogP contribution >= 0.6 is 0 Å². The maximum Gasteiger partial charge on any atom is 0.224 e. The minimum Gasteiger partial charge on any atom is -0.380 e. The molecule has 0 saturated carbocycles. The molecule has 1 aromatic carbocycles. The van der Waals surface area contributed by atoms with E-state index in [4.69, 9.17) is 9.73 Å². The van der Waals surface area contributed by atoms with Gasteiger partial charge in [-0.05, 0) is 42.3 Å². The average molecular weight is 363 g/mol. The molecule has 0 N–H and O–H groups in total. The van der Waals surface area contributed by atoms with Gasteiger partial charge in [0.2, 0.25) is 5.96 Å². The highest BCUT2D eigenvalue weighted by atomic mass is 16.5. The molecule has 0 amide bonds. The highest BCUT2D eigenvalue weighted by Gasteiger charge is 2.30. The van der Waals surface area contributed by atoms with Gasteiger partial charge in [0.1, 0.15) is 0 Å². The van der Waals surface area contributed by atoms with E-state index in [-0.39, 0.29) is 5.78 Å². The van der Waals surface area contributed by atoms with Crippen LogP contribution in [0.2, 0.25) is 0 Å². The number of carbonyl (C=O) groups excluding carboxylic acids is 1. The van der Waals surface area contributed by atoms with Crippen molar-refractivity contribution in [2.75, 3.05) is 21.2 Å². The van der Waals surface area contributed by atoms with E-state index in [0.29, 0.717) is 24.6 Å². The Labute approximate surface area is 160 Å². The molecule has 0 saturated heterocycles. The van der Waals surface area contributed by atoms with Crippen molar-refractivity contribution in [3.05, 3.63) is 64.4 Å². The summed E-state index contributed by atoms with van der Waals surface area (Å²) in [6.07, 6.45) is 6.68. The first-order valence-electron chi connectivity index (χ1n) is 9.03. The van der Waals surface area contributed by atoms with Crippen LogP contribution in [0.15, 0.2) is 63.2 Å². The molecule has 0 unspecified atom stereocenters. The molecule has 5 nitrogen and oxygen atoms in total. The molecule has 0 fully saturated rings. The van der Waals surface area contributed by atoms with E-state index in [1.54, 1.807) is 12.0 Å². The number of benzene rings is 1. The molecular formula is C22H25N3O2. The second-order valence-corrected chi connectivity index (χ2v) is 6.85. The summed E-state index contributed by atoms with van der Waals surface area (Å²) in [7, 11) is 5.39.